The lowest BCUT2D eigenvalue weighted by molar-refractivity contribution is -0.137. The van der Waals surface area contributed by atoms with Gasteiger partial charge in [-0.15, -0.1) is 0 Å². The third-order valence-electron chi connectivity index (χ3n) is 6.83. The maximum atomic E-state index is 13.1. The number of allylic oxidation sites excluding steroid dienone is 2. The predicted octanol–water partition coefficient (Wildman–Crippen LogP) is 2.04. The molecule has 3 heterocycles. The van der Waals surface area contributed by atoms with Gasteiger partial charge in [-0.2, -0.15) is 0 Å². The molecule has 1 saturated carbocycles. The van der Waals surface area contributed by atoms with Crippen molar-refractivity contribution in [1.82, 2.24) is 19.9 Å². The molecule has 0 saturated heterocycles. The highest BCUT2D eigenvalue weighted by atomic mass is 16.5. The molecule has 0 unspecified atom stereocenters. The van der Waals surface area contributed by atoms with Crippen LogP contribution in [0.25, 0.3) is 0 Å². The van der Waals surface area contributed by atoms with Gasteiger partial charge in [0.1, 0.15) is 17.0 Å². The number of aromatic nitrogens is 2. The number of H-pyrrole nitrogens is 1. The lowest BCUT2D eigenvalue weighted by Crippen LogP contribution is -2.43. The molecule has 1 N–H and O–H groups in total. The van der Waals surface area contributed by atoms with E-state index in [4.69, 9.17) is 4.52 Å². The van der Waals surface area contributed by atoms with E-state index in [1.54, 1.807) is 26.2 Å². The molecule has 8 nitrogen and oxygen atoms in total. The Morgan fingerprint density at radius 1 is 1.32 bits per heavy atom. The smallest absolute Gasteiger partial charge is 0.261 e. The molecule has 5 rings (SSSR count). The van der Waals surface area contributed by atoms with Gasteiger partial charge in [0, 0.05) is 38.3 Å². The maximum absolute atomic E-state index is 13.1. The fraction of sp³-hybridized carbons (Fsp3) is 0.478. The third kappa shape index (κ3) is 3.49. The molecule has 0 spiro atoms. The first-order valence-corrected chi connectivity index (χ1v) is 10.8. The van der Waals surface area contributed by atoms with Crippen LogP contribution in [-0.4, -0.2) is 45.3 Å². The lowest BCUT2D eigenvalue weighted by Gasteiger charge is -2.33. The Kier molecular flexibility index (Phi) is 4.79. The molecule has 2 aromatic rings. The van der Waals surface area contributed by atoms with E-state index in [0.717, 1.165) is 24.0 Å². The van der Waals surface area contributed by atoms with E-state index in [2.05, 4.69) is 22.3 Å². The van der Waals surface area contributed by atoms with Gasteiger partial charge in [-0.1, -0.05) is 17.3 Å². The van der Waals surface area contributed by atoms with Crippen LogP contribution in [0.5, 0.6) is 0 Å². The van der Waals surface area contributed by atoms with E-state index in [-0.39, 0.29) is 29.8 Å². The first-order chi connectivity index (χ1) is 14.9. The summed E-state index contributed by atoms with van der Waals surface area (Å²) in [6, 6.07) is 1.77. The minimum absolute atomic E-state index is 0.0671. The number of carbonyl (C=O) groups excluding carboxylic acids is 2. The Hall–Kier alpha value is -3.16. The lowest BCUT2D eigenvalue weighted by atomic mass is 9.90. The highest BCUT2D eigenvalue weighted by Crippen LogP contribution is 2.44. The van der Waals surface area contributed by atoms with Gasteiger partial charge in [0.25, 0.3) is 11.5 Å². The second-order valence-electron chi connectivity index (χ2n) is 8.98. The molecule has 3 atom stereocenters. The topological polar surface area (TPSA) is 99.5 Å². The van der Waals surface area contributed by atoms with Gasteiger partial charge in [0.2, 0.25) is 5.91 Å². The fourth-order valence-electron chi connectivity index (χ4n) is 5.28. The minimum atomic E-state index is -0.398. The Morgan fingerprint density at radius 3 is 2.84 bits per heavy atom. The van der Waals surface area contributed by atoms with Gasteiger partial charge in [-0.3, -0.25) is 14.4 Å². The van der Waals surface area contributed by atoms with Crippen LogP contribution in [0.15, 0.2) is 33.7 Å². The summed E-state index contributed by atoms with van der Waals surface area (Å²) in [6.07, 6.45) is 8.60. The summed E-state index contributed by atoms with van der Waals surface area (Å²) in [7, 11) is 1.65. The van der Waals surface area contributed by atoms with E-state index in [0.29, 0.717) is 42.8 Å². The average molecular weight is 422 g/mol. The van der Waals surface area contributed by atoms with Crippen molar-refractivity contribution in [2.24, 2.45) is 17.8 Å². The second kappa shape index (κ2) is 7.51. The summed E-state index contributed by atoms with van der Waals surface area (Å²) in [4.78, 5) is 44.9. The average Bonchev–Trinajstić information content (AvgIpc) is 3.50. The van der Waals surface area contributed by atoms with Crippen LogP contribution >= 0.6 is 0 Å². The Morgan fingerprint density at radius 2 is 2.16 bits per heavy atom. The number of hydrogen-bond donors (Lipinski definition) is 1. The zero-order valence-electron chi connectivity index (χ0n) is 17.8. The van der Waals surface area contributed by atoms with Gasteiger partial charge >= 0.3 is 0 Å². The number of aryl methyl sites for hydroxylation is 1. The highest BCUT2D eigenvalue weighted by Gasteiger charge is 2.42. The van der Waals surface area contributed by atoms with Crippen LogP contribution < -0.4 is 5.56 Å². The number of amides is 2. The quantitative estimate of drug-likeness (QED) is 0.760. The zero-order valence-corrected chi connectivity index (χ0v) is 17.8. The first-order valence-electron chi connectivity index (χ1n) is 10.8. The molecular weight excluding hydrogens is 396 g/mol. The number of hydrogen-bond acceptors (Lipinski definition) is 5. The van der Waals surface area contributed by atoms with Crippen molar-refractivity contribution in [3.05, 3.63) is 62.9 Å². The number of pyridine rings is 1. The van der Waals surface area contributed by atoms with Crippen molar-refractivity contribution in [2.45, 2.75) is 39.3 Å². The van der Waals surface area contributed by atoms with E-state index in [9.17, 15) is 14.4 Å². The van der Waals surface area contributed by atoms with Crippen molar-refractivity contribution in [2.75, 3.05) is 13.6 Å². The van der Waals surface area contributed by atoms with Crippen LogP contribution in [0.3, 0.4) is 0 Å². The zero-order chi connectivity index (χ0) is 21.7. The summed E-state index contributed by atoms with van der Waals surface area (Å²) in [5, 5.41) is 3.92. The van der Waals surface area contributed by atoms with E-state index >= 15 is 0 Å². The standard InChI is InChI=1S/C23H26N4O4/c1-13-7-17(25-31-13)12-26(2)23(30)20-18-5-6-27(11-16(18)10-24-21(20)28)22(29)19-9-14-3-4-15(19)8-14/h3-4,7,10,14-15,19H,5-6,8-9,11-12H2,1-2H3,(H,24,28)/t14-,15+,19-/m1/s1. The Bertz CT molecular complexity index is 1130. The summed E-state index contributed by atoms with van der Waals surface area (Å²) in [6.45, 7) is 2.99. The SMILES string of the molecule is Cc1cc(CN(C)C(=O)c2c3c(c[nH]c2=O)CN(C(=O)[C@@H]2C[C@@H]4C=C[C@H]2C4)CC3)no1. The van der Waals surface area contributed by atoms with Crippen molar-refractivity contribution in [1.29, 1.82) is 0 Å². The van der Waals surface area contributed by atoms with Crippen LogP contribution in [0.4, 0.5) is 0 Å². The maximum Gasteiger partial charge on any atom is 0.261 e. The van der Waals surface area contributed by atoms with Crippen LogP contribution in [-0.2, 0) is 24.3 Å². The number of rotatable bonds is 4. The van der Waals surface area contributed by atoms with E-state index in [1.165, 1.54) is 4.90 Å². The highest BCUT2D eigenvalue weighted by molar-refractivity contribution is 5.95. The van der Waals surface area contributed by atoms with Crippen LogP contribution in [0.1, 0.15) is 45.8 Å². The number of fused-ring (bicyclic) bond motifs is 3. The molecule has 1 aliphatic heterocycles. The normalized spacial score (nSPS) is 23.8. The monoisotopic (exact) mass is 422 g/mol. The number of nitrogens with one attached hydrogen (secondary N) is 1. The summed E-state index contributed by atoms with van der Waals surface area (Å²) >= 11 is 0. The van der Waals surface area contributed by atoms with Gasteiger partial charge in [-0.25, -0.2) is 0 Å². The number of carbonyl (C=O) groups is 2. The van der Waals surface area contributed by atoms with E-state index < -0.39 is 5.56 Å². The predicted molar refractivity (Wildman–Crippen MR) is 112 cm³/mol. The largest absolute Gasteiger partial charge is 0.361 e. The third-order valence-corrected chi connectivity index (χ3v) is 6.83. The van der Waals surface area contributed by atoms with Gasteiger partial charge in [0.15, 0.2) is 0 Å². The molecule has 0 radical (unpaired) electrons. The van der Waals surface area contributed by atoms with E-state index in [1.807, 2.05) is 4.90 Å². The second-order valence-corrected chi connectivity index (χ2v) is 8.98. The molecule has 0 aromatic carbocycles. The van der Waals surface area contributed by atoms with Crippen molar-refractivity contribution < 1.29 is 14.1 Å². The molecule has 3 aliphatic rings. The molecular formula is C23H26N4O4. The van der Waals surface area contributed by atoms with Crippen molar-refractivity contribution in [3.8, 4) is 0 Å². The van der Waals surface area contributed by atoms with Crippen LogP contribution in [0, 0.1) is 24.7 Å². The molecule has 2 amide bonds. The number of aromatic amines is 1. The Labute approximate surface area is 179 Å². The summed E-state index contributed by atoms with van der Waals surface area (Å²) < 4.78 is 5.06. The molecule has 162 valence electrons. The first kappa shape index (κ1) is 19.8. The molecule has 2 bridgehead atoms. The molecule has 2 aliphatic carbocycles. The molecule has 2 aromatic heterocycles. The van der Waals surface area contributed by atoms with Gasteiger partial charge in [-0.05, 0) is 49.1 Å². The summed E-state index contributed by atoms with van der Waals surface area (Å²) in [5.74, 6) is 1.48. The fourth-order valence-corrected chi connectivity index (χ4v) is 5.28. The van der Waals surface area contributed by atoms with Gasteiger partial charge in [0.05, 0.1) is 6.54 Å². The molecule has 31 heavy (non-hydrogen) atoms. The van der Waals surface area contributed by atoms with Crippen molar-refractivity contribution in [3.63, 3.8) is 0 Å². The van der Waals surface area contributed by atoms with Crippen LogP contribution in [0.2, 0.25) is 0 Å². The van der Waals surface area contributed by atoms with Gasteiger partial charge < -0.3 is 19.3 Å². The summed E-state index contributed by atoms with van der Waals surface area (Å²) in [5.41, 5.74) is 1.98. The molecule has 1 fully saturated rings. The molecule has 8 heteroatoms. The van der Waals surface area contributed by atoms with Crippen molar-refractivity contribution >= 4 is 11.8 Å². The Balaban J connectivity index is 1.35. The minimum Gasteiger partial charge on any atom is -0.361 e. The number of nitrogens with zero attached hydrogens (tertiary/aromatic N) is 3.